The number of likely N-dealkylation sites (tertiary alicyclic amines) is 1. The number of hydrogen-bond acceptors (Lipinski definition) is 5. The van der Waals surface area contributed by atoms with Crippen LogP contribution in [0.15, 0.2) is 6.07 Å². The zero-order valence-corrected chi connectivity index (χ0v) is 14.7. The minimum Gasteiger partial charge on any atom is -0.481 e. The molecule has 0 radical (unpaired) electrons. The number of carboxylic acid groups (broad SMARTS) is 1. The van der Waals surface area contributed by atoms with Crippen LogP contribution in [0.25, 0.3) is 0 Å². The average molecular weight is 358 g/mol. The predicted octanol–water partition coefficient (Wildman–Crippen LogP) is 0.0385. The molecule has 2 fully saturated rings. The Balaban J connectivity index is 1.75. The van der Waals surface area contributed by atoms with E-state index in [1.165, 1.54) is 0 Å². The van der Waals surface area contributed by atoms with Crippen molar-refractivity contribution in [2.24, 2.45) is 17.1 Å². The van der Waals surface area contributed by atoms with Gasteiger partial charge < -0.3 is 20.6 Å². The summed E-state index contributed by atoms with van der Waals surface area (Å²) in [4.78, 5) is 44.7. The quantitative estimate of drug-likeness (QED) is 0.785. The number of aryl methyl sites for hydroxylation is 2. The first-order valence-corrected chi connectivity index (χ1v) is 8.97. The molecule has 4 rings (SSSR count). The number of carboxylic acids is 1. The van der Waals surface area contributed by atoms with E-state index in [9.17, 15) is 19.5 Å². The van der Waals surface area contributed by atoms with Gasteiger partial charge in [-0.25, -0.2) is 4.98 Å². The Morgan fingerprint density at radius 2 is 2.15 bits per heavy atom. The van der Waals surface area contributed by atoms with E-state index >= 15 is 0 Å². The van der Waals surface area contributed by atoms with Crippen molar-refractivity contribution in [2.45, 2.75) is 26.2 Å². The van der Waals surface area contributed by atoms with Crippen molar-refractivity contribution in [3.05, 3.63) is 22.9 Å². The number of nitrogens with zero attached hydrogens (tertiary/aromatic N) is 3. The van der Waals surface area contributed by atoms with Gasteiger partial charge in [-0.05, 0) is 37.8 Å². The lowest BCUT2D eigenvalue weighted by Crippen LogP contribution is -2.41. The summed E-state index contributed by atoms with van der Waals surface area (Å²) in [5.41, 5.74) is 6.67. The van der Waals surface area contributed by atoms with Crippen LogP contribution in [0.4, 0.5) is 5.82 Å². The Morgan fingerprint density at radius 1 is 1.38 bits per heavy atom. The number of nitrogens with two attached hydrogens (primary N) is 1. The molecular weight excluding hydrogens is 336 g/mol. The molecule has 0 unspecified atom stereocenters. The van der Waals surface area contributed by atoms with Crippen molar-refractivity contribution in [1.29, 1.82) is 0 Å². The number of aromatic nitrogens is 1. The highest BCUT2D eigenvalue weighted by Gasteiger charge is 2.62. The van der Waals surface area contributed by atoms with Crippen molar-refractivity contribution in [3.8, 4) is 0 Å². The standard InChI is InChI=1S/C18H22N4O4/c1-2-21-8-18(17(25)26)9-22(7-12(18)16(21)24)15-11(14(19)23)6-10-4-3-5-13(10)20-15/h6,12H,2-5,7-9H2,1H3,(H2,19,23)(H,25,26)/t12-,18+/m1/s1. The first kappa shape index (κ1) is 16.8. The highest BCUT2D eigenvalue weighted by molar-refractivity contribution is 5.99. The van der Waals surface area contributed by atoms with Gasteiger partial charge in [0.2, 0.25) is 5.91 Å². The number of hydrogen-bond donors (Lipinski definition) is 2. The summed E-state index contributed by atoms with van der Waals surface area (Å²) in [6, 6.07) is 1.79. The van der Waals surface area contributed by atoms with E-state index in [-0.39, 0.29) is 25.5 Å². The van der Waals surface area contributed by atoms with Crippen LogP contribution in [0.3, 0.4) is 0 Å². The second-order valence-electron chi connectivity index (χ2n) is 7.43. The lowest BCUT2D eigenvalue weighted by molar-refractivity contribution is -0.149. The molecule has 3 N–H and O–H groups in total. The summed E-state index contributed by atoms with van der Waals surface area (Å²) in [6.45, 7) is 2.93. The van der Waals surface area contributed by atoms with Crippen LogP contribution < -0.4 is 10.6 Å². The summed E-state index contributed by atoms with van der Waals surface area (Å²) in [5.74, 6) is -1.90. The maximum atomic E-state index is 12.6. The Labute approximate surface area is 151 Å². The summed E-state index contributed by atoms with van der Waals surface area (Å²) in [6.07, 6.45) is 2.69. The fourth-order valence-corrected chi connectivity index (χ4v) is 4.62. The van der Waals surface area contributed by atoms with Gasteiger partial charge in [0.05, 0.1) is 11.5 Å². The first-order valence-electron chi connectivity index (χ1n) is 8.97. The summed E-state index contributed by atoms with van der Waals surface area (Å²) < 4.78 is 0. The number of aliphatic carboxylic acids is 1. The number of rotatable bonds is 4. The van der Waals surface area contributed by atoms with Crippen LogP contribution >= 0.6 is 0 Å². The second-order valence-corrected chi connectivity index (χ2v) is 7.43. The lowest BCUT2D eigenvalue weighted by atomic mass is 9.81. The largest absolute Gasteiger partial charge is 0.481 e. The van der Waals surface area contributed by atoms with Crippen molar-refractivity contribution in [2.75, 3.05) is 31.1 Å². The van der Waals surface area contributed by atoms with Crippen LogP contribution in [0, 0.1) is 11.3 Å². The van der Waals surface area contributed by atoms with Crippen molar-refractivity contribution in [3.63, 3.8) is 0 Å². The van der Waals surface area contributed by atoms with Gasteiger partial charge in [-0.15, -0.1) is 0 Å². The molecule has 26 heavy (non-hydrogen) atoms. The number of carbonyl (C=O) groups is 3. The Morgan fingerprint density at radius 3 is 2.77 bits per heavy atom. The average Bonchev–Trinajstić information content (AvgIpc) is 3.27. The topological polar surface area (TPSA) is 117 Å². The fraction of sp³-hybridized carbons (Fsp3) is 0.556. The SMILES string of the molecule is CCN1C[C@]2(C(=O)O)CN(c3nc4c(cc3C(N)=O)CCC4)C[C@@H]2C1=O. The van der Waals surface area contributed by atoms with Gasteiger partial charge in [-0.2, -0.15) is 0 Å². The Bertz CT molecular complexity index is 824. The van der Waals surface area contributed by atoms with Crippen LogP contribution in [0.2, 0.25) is 0 Å². The number of carbonyl (C=O) groups excluding carboxylic acids is 2. The molecule has 0 saturated carbocycles. The summed E-state index contributed by atoms with van der Waals surface area (Å²) in [5, 5.41) is 9.89. The normalized spacial score (nSPS) is 27.0. The molecule has 8 heteroatoms. The van der Waals surface area contributed by atoms with Gasteiger partial charge >= 0.3 is 5.97 Å². The molecule has 138 valence electrons. The minimum atomic E-state index is -1.16. The molecule has 0 spiro atoms. The van der Waals surface area contributed by atoms with Crippen LogP contribution in [-0.4, -0.2) is 59.0 Å². The Hall–Kier alpha value is -2.64. The molecule has 1 aromatic heterocycles. The lowest BCUT2D eigenvalue weighted by Gasteiger charge is -2.26. The molecule has 1 aliphatic carbocycles. The number of fused-ring (bicyclic) bond motifs is 2. The van der Waals surface area contributed by atoms with Gasteiger partial charge in [0, 0.05) is 31.9 Å². The van der Waals surface area contributed by atoms with Gasteiger partial charge in [0.15, 0.2) is 0 Å². The Kier molecular flexibility index (Phi) is 3.68. The van der Waals surface area contributed by atoms with Crippen LogP contribution in [-0.2, 0) is 22.4 Å². The zero-order chi connectivity index (χ0) is 18.6. The molecule has 2 aliphatic heterocycles. The van der Waals surface area contributed by atoms with Crippen molar-refractivity contribution >= 4 is 23.6 Å². The predicted molar refractivity (Wildman–Crippen MR) is 92.8 cm³/mol. The molecule has 0 bridgehead atoms. The molecule has 3 aliphatic rings. The van der Waals surface area contributed by atoms with Gasteiger partial charge in [-0.1, -0.05) is 0 Å². The molecular formula is C18H22N4O4. The highest BCUT2D eigenvalue weighted by Crippen LogP contribution is 2.45. The third-order valence-electron chi connectivity index (χ3n) is 6.03. The molecule has 2 atom stereocenters. The van der Waals surface area contributed by atoms with E-state index in [1.54, 1.807) is 15.9 Å². The van der Waals surface area contributed by atoms with Crippen LogP contribution in [0.5, 0.6) is 0 Å². The molecule has 0 aromatic carbocycles. The minimum absolute atomic E-state index is 0.140. The smallest absolute Gasteiger partial charge is 0.314 e. The zero-order valence-electron chi connectivity index (χ0n) is 14.7. The number of amides is 2. The third-order valence-corrected chi connectivity index (χ3v) is 6.03. The van der Waals surface area contributed by atoms with E-state index in [0.29, 0.717) is 17.9 Å². The maximum Gasteiger partial charge on any atom is 0.314 e. The highest BCUT2D eigenvalue weighted by atomic mass is 16.4. The summed E-state index contributed by atoms with van der Waals surface area (Å²) in [7, 11) is 0. The fourth-order valence-electron chi connectivity index (χ4n) is 4.62. The molecule has 1 aromatic rings. The molecule has 3 heterocycles. The maximum absolute atomic E-state index is 12.6. The molecule has 2 amide bonds. The summed E-state index contributed by atoms with van der Waals surface area (Å²) >= 11 is 0. The monoisotopic (exact) mass is 358 g/mol. The van der Waals surface area contributed by atoms with E-state index < -0.39 is 23.2 Å². The van der Waals surface area contributed by atoms with E-state index in [2.05, 4.69) is 4.98 Å². The third kappa shape index (κ3) is 2.21. The van der Waals surface area contributed by atoms with Gasteiger partial charge in [0.1, 0.15) is 11.2 Å². The van der Waals surface area contributed by atoms with Crippen LogP contribution in [0.1, 0.15) is 35.0 Å². The molecule has 2 saturated heterocycles. The van der Waals surface area contributed by atoms with Gasteiger partial charge in [-0.3, -0.25) is 14.4 Å². The molecule has 8 nitrogen and oxygen atoms in total. The van der Waals surface area contributed by atoms with E-state index in [0.717, 1.165) is 30.5 Å². The van der Waals surface area contributed by atoms with Gasteiger partial charge in [0.25, 0.3) is 5.91 Å². The van der Waals surface area contributed by atoms with Crippen molar-refractivity contribution in [1.82, 2.24) is 9.88 Å². The van der Waals surface area contributed by atoms with E-state index in [1.807, 2.05) is 6.92 Å². The number of anilines is 1. The first-order chi connectivity index (χ1) is 12.4. The second kappa shape index (κ2) is 5.69. The number of pyridine rings is 1. The number of primary amides is 1. The van der Waals surface area contributed by atoms with E-state index in [4.69, 9.17) is 5.73 Å². The van der Waals surface area contributed by atoms with Crippen molar-refractivity contribution < 1.29 is 19.5 Å².